The molecule has 0 saturated carbocycles. The van der Waals surface area contributed by atoms with Gasteiger partial charge in [0, 0.05) is 12.1 Å². The Morgan fingerprint density at radius 1 is 0.968 bits per heavy atom. The number of aliphatic hydroxyl groups is 1. The number of β-amino-alcohol motifs (C(OH)–C–C–N with tert-alkyl or cyclic N) is 1. The van der Waals surface area contributed by atoms with Gasteiger partial charge in [0.05, 0.1) is 24.5 Å². The number of rotatable bonds is 11. The summed E-state index contributed by atoms with van der Waals surface area (Å²) in [6.45, 7) is 6.91. The van der Waals surface area contributed by atoms with Gasteiger partial charge >= 0.3 is 0 Å². The second-order valence-corrected chi connectivity index (χ2v) is 8.57. The number of nitrogens with one attached hydrogen (secondary N) is 2. The van der Waals surface area contributed by atoms with Gasteiger partial charge in [0.2, 0.25) is 0 Å². The molecule has 6 heteroatoms. The van der Waals surface area contributed by atoms with Crippen LogP contribution in [0.1, 0.15) is 38.0 Å². The number of hydrogen-bond donors (Lipinski definition) is 4. The van der Waals surface area contributed by atoms with Gasteiger partial charge < -0.3 is 15.2 Å². The molecule has 2 unspecified atom stereocenters. The maximum absolute atomic E-state index is 10.4. The summed E-state index contributed by atoms with van der Waals surface area (Å²) in [6.07, 6.45) is 0.0890. The lowest BCUT2D eigenvalue weighted by Gasteiger charge is -2.28. The molecule has 6 nitrogen and oxygen atoms in total. The van der Waals surface area contributed by atoms with Crippen LogP contribution in [0.25, 0.3) is 10.8 Å². The fraction of sp³-hybridized carbons (Fsp3) is 0.360. The molecule has 0 aromatic heterocycles. The van der Waals surface area contributed by atoms with Crippen LogP contribution in [0.2, 0.25) is 0 Å². The normalized spacial score (nSPS) is 13.8. The molecule has 0 saturated heterocycles. The molecular formula is C25H32N2O4. The van der Waals surface area contributed by atoms with Crippen LogP contribution in [-0.2, 0) is 16.1 Å². The van der Waals surface area contributed by atoms with Crippen LogP contribution in [0.3, 0.4) is 0 Å². The highest BCUT2D eigenvalue weighted by Crippen LogP contribution is 2.21. The minimum atomic E-state index is -0.609. The summed E-state index contributed by atoms with van der Waals surface area (Å²) >= 11 is 0. The lowest BCUT2D eigenvalue weighted by molar-refractivity contribution is -0.215. The van der Waals surface area contributed by atoms with E-state index in [1.54, 1.807) is 12.1 Å². The number of fused-ring (bicyclic) bond motifs is 1. The molecule has 0 bridgehead atoms. The first kappa shape index (κ1) is 23.2. The molecule has 31 heavy (non-hydrogen) atoms. The number of ether oxygens (including phenoxy) is 1. The third-order valence-corrected chi connectivity index (χ3v) is 5.36. The lowest BCUT2D eigenvalue weighted by atomic mass is 9.93. The Hall–Kier alpha value is -2.48. The van der Waals surface area contributed by atoms with E-state index < -0.39 is 6.10 Å². The maximum atomic E-state index is 10.4. The van der Waals surface area contributed by atoms with Crippen LogP contribution in [0.15, 0.2) is 66.7 Å². The van der Waals surface area contributed by atoms with Crippen LogP contribution in [0.4, 0.5) is 5.69 Å². The van der Waals surface area contributed by atoms with E-state index in [9.17, 15) is 5.11 Å². The van der Waals surface area contributed by atoms with Gasteiger partial charge in [-0.2, -0.15) is 0 Å². The Bertz CT molecular complexity index is 959. The summed E-state index contributed by atoms with van der Waals surface area (Å²) in [5.41, 5.74) is 5.06. The van der Waals surface area contributed by atoms with Crippen LogP contribution in [-0.4, -0.2) is 35.2 Å². The van der Waals surface area contributed by atoms with Crippen molar-refractivity contribution in [3.63, 3.8) is 0 Å². The maximum Gasteiger partial charge on any atom is 0.0898 e. The zero-order chi connectivity index (χ0) is 22.3. The second kappa shape index (κ2) is 10.7. The van der Waals surface area contributed by atoms with Gasteiger partial charge in [0.1, 0.15) is 0 Å². The Labute approximate surface area is 183 Å². The van der Waals surface area contributed by atoms with E-state index in [1.165, 1.54) is 16.3 Å². The monoisotopic (exact) mass is 424 g/mol. The van der Waals surface area contributed by atoms with Gasteiger partial charge in [0.15, 0.2) is 0 Å². The van der Waals surface area contributed by atoms with E-state index in [-0.39, 0.29) is 18.2 Å². The summed E-state index contributed by atoms with van der Waals surface area (Å²) in [6, 6.07) is 22.2. The van der Waals surface area contributed by atoms with Crippen molar-refractivity contribution < 1.29 is 20.1 Å². The van der Waals surface area contributed by atoms with Crippen molar-refractivity contribution in [3.8, 4) is 0 Å². The third kappa shape index (κ3) is 7.02. The number of hydrogen-bond acceptors (Lipinski definition) is 6. The summed E-state index contributed by atoms with van der Waals surface area (Å²) < 4.78 is 5.83. The molecule has 3 aromatic carbocycles. The number of benzene rings is 3. The fourth-order valence-corrected chi connectivity index (χ4v) is 3.60. The van der Waals surface area contributed by atoms with Gasteiger partial charge in [-0.25, -0.2) is 10.7 Å². The molecule has 4 N–H and O–H groups in total. The minimum Gasteiger partial charge on any atom is -0.389 e. The fourth-order valence-electron chi connectivity index (χ4n) is 3.60. The zero-order valence-electron chi connectivity index (χ0n) is 18.3. The average Bonchev–Trinajstić information content (AvgIpc) is 2.76. The molecule has 0 heterocycles. The van der Waals surface area contributed by atoms with Crippen molar-refractivity contribution in [1.82, 2.24) is 5.32 Å². The van der Waals surface area contributed by atoms with Gasteiger partial charge in [-0.15, -0.1) is 4.99 Å². The highest BCUT2D eigenvalue weighted by molar-refractivity contribution is 5.83. The van der Waals surface area contributed by atoms with Gasteiger partial charge in [-0.1, -0.05) is 54.6 Å². The van der Waals surface area contributed by atoms with E-state index >= 15 is 0 Å². The second-order valence-electron chi connectivity index (χ2n) is 8.57. The van der Waals surface area contributed by atoms with Gasteiger partial charge in [0.25, 0.3) is 0 Å². The number of anilines is 1. The Kier molecular flexibility index (Phi) is 8.01. The first-order valence-electron chi connectivity index (χ1n) is 10.5. The van der Waals surface area contributed by atoms with E-state index in [0.717, 1.165) is 12.0 Å². The largest absolute Gasteiger partial charge is 0.389 e. The predicted molar refractivity (Wildman–Crippen MR) is 124 cm³/mol. The molecule has 0 aliphatic carbocycles. The highest BCUT2D eigenvalue weighted by Gasteiger charge is 2.20. The smallest absolute Gasteiger partial charge is 0.0898 e. The van der Waals surface area contributed by atoms with E-state index in [2.05, 4.69) is 72.1 Å². The van der Waals surface area contributed by atoms with Crippen molar-refractivity contribution in [2.45, 2.75) is 44.9 Å². The summed E-state index contributed by atoms with van der Waals surface area (Å²) in [4.78, 5) is 3.90. The van der Waals surface area contributed by atoms with Crippen LogP contribution < -0.4 is 10.8 Å². The highest BCUT2D eigenvalue weighted by atomic mass is 17.2. The summed E-state index contributed by atoms with van der Waals surface area (Å²) in [7, 11) is 0. The molecule has 0 amide bonds. The van der Waals surface area contributed by atoms with Crippen LogP contribution in [0.5, 0.6) is 0 Å². The summed E-state index contributed by atoms with van der Waals surface area (Å²) in [5, 5.41) is 24.7. The van der Waals surface area contributed by atoms with Crippen molar-refractivity contribution in [2.24, 2.45) is 0 Å². The average molecular weight is 425 g/mol. The quantitative estimate of drug-likeness (QED) is 0.264. The third-order valence-electron chi connectivity index (χ3n) is 5.36. The van der Waals surface area contributed by atoms with Crippen molar-refractivity contribution in [2.75, 3.05) is 18.6 Å². The van der Waals surface area contributed by atoms with Crippen LogP contribution >= 0.6 is 0 Å². The van der Waals surface area contributed by atoms with Gasteiger partial charge in [-0.3, -0.25) is 0 Å². The van der Waals surface area contributed by atoms with E-state index in [4.69, 9.17) is 9.99 Å². The Balaban J connectivity index is 1.45. The molecule has 2 atom stereocenters. The topological polar surface area (TPSA) is 83.0 Å². The molecule has 0 fully saturated rings. The predicted octanol–water partition coefficient (Wildman–Crippen LogP) is 4.71. The first-order valence-corrected chi connectivity index (χ1v) is 10.5. The molecule has 166 valence electrons. The molecular weight excluding hydrogens is 392 g/mol. The Morgan fingerprint density at radius 2 is 1.68 bits per heavy atom. The zero-order valence-corrected chi connectivity index (χ0v) is 18.3. The molecule has 0 aliphatic heterocycles. The summed E-state index contributed by atoms with van der Waals surface area (Å²) in [5.74, 6) is 0. The number of aliphatic hydroxyl groups excluding tert-OH is 1. The van der Waals surface area contributed by atoms with E-state index in [1.807, 2.05) is 19.1 Å². The van der Waals surface area contributed by atoms with Crippen molar-refractivity contribution in [3.05, 3.63) is 77.9 Å². The molecule has 0 radical (unpaired) electrons. The minimum absolute atomic E-state index is 0.160. The molecule has 0 aliphatic rings. The first-order chi connectivity index (χ1) is 14.9. The molecule has 3 rings (SSSR count). The Morgan fingerprint density at radius 3 is 2.39 bits per heavy atom. The lowest BCUT2D eigenvalue weighted by Crippen LogP contribution is -2.46. The van der Waals surface area contributed by atoms with Crippen molar-refractivity contribution >= 4 is 16.5 Å². The van der Waals surface area contributed by atoms with Crippen molar-refractivity contribution in [1.29, 1.82) is 0 Å². The SMILES string of the molecule is CC(OCC(O)CNC(C)(C)Cc1ccc2ccccc2c1)c1ccc(NOO)cc1. The molecule has 0 spiro atoms. The standard InChI is InChI=1S/C25H32N2O4/c1-18(20-10-12-23(13-11-20)27-31-29)30-17-24(28)16-26-25(2,3)15-19-8-9-21-6-4-5-7-22(21)14-19/h4-14,18,24,26-29H,15-17H2,1-3H3. The molecule has 3 aromatic rings. The van der Waals surface area contributed by atoms with E-state index in [0.29, 0.717) is 12.2 Å². The van der Waals surface area contributed by atoms with Crippen LogP contribution in [0, 0.1) is 0 Å². The van der Waals surface area contributed by atoms with Gasteiger partial charge in [-0.05, 0) is 61.2 Å².